The lowest BCUT2D eigenvalue weighted by molar-refractivity contribution is -0.0770. The van der Waals surface area contributed by atoms with Crippen LogP contribution in [0, 0.1) is 11.3 Å². The summed E-state index contributed by atoms with van der Waals surface area (Å²) in [5.41, 5.74) is 6.52. The molecule has 1 rings (SSSR count). The van der Waals surface area contributed by atoms with Crippen molar-refractivity contribution < 1.29 is 9.47 Å². The summed E-state index contributed by atoms with van der Waals surface area (Å²) in [6, 6.07) is 0.188. The van der Waals surface area contributed by atoms with Gasteiger partial charge >= 0.3 is 0 Å². The average molecular weight is 243 g/mol. The number of nitrogens with two attached hydrogens (primary N) is 1. The zero-order valence-electron chi connectivity index (χ0n) is 12.0. The highest BCUT2D eigenvalue weighted by Gasteiger charge is 2.35. The Morgan fingerprint density at radius 3 is 2.47 bits per heavy atom. The van der Waals surface area contributed by atoms with Crippen LogP contribution in [-0.2, 0) is 9.47 Å². The fourth-order valence-electron chi connectivity index (χ4n) is 2.67. The molecular formula is C14H29NO2. The molecule has 0 bridgehead atoms. The van der Waals surface area contributed by atoms with E-state index in [0.717, 1.165) is 12.8 Å². The monoisotopic (exact) mass is 243 g/mol. The maximum absolute atomic E-state index is 6.16. The van der Waals surface area contributed by atoms with Crippen LogP contribution in [0.3, 0.4) is 0 Å². The van der Waals surface area contributed by atoms with Crippen molar-refractivity contribution >= 4 is 0 Å². The van der Waals surface area contributed by atoms with Crippen molar-refractivity contribution in [1.29, 1.82) is 0 Å². The van der Waals surface area contributed by atoms with Crippen molar-refractivity contribution in [2.45, 2.75) is 65.2 Å². The summed E-state index contributed by atoms with van der Waals surface area (Å²) in [7, 11) is 1.71. The zero-order valence-corrected chi connectivity index (χ0v) is 12.0. The summed E-state index contributed by atoms with van der Waals surface area (Å²) in [6.45, 7) is 9.62. The first-order valence-electron chi connectivity index (χ1n) is 6.74. The SMILES string of the molecule is COCC(C)OC1CC(C(C)(C)C)CCC1N. The van der Waals surface area contributed by atoms with Crippen molar-refractivity contribution in [3.8, 4) is 0 Å². The standard InChI is InChI=1S/C14H29NO2/c1-10(9-16-5)17-13-8-11(14(2,3)4)6-7-12(13)15/h10-13H,6-9,15H2,1-5H3. The van der Waals surface area contributed by atoms with E-state index in [0.29, 0.717) is 17.9 Å². The van der Waals surface area contributed by atoms with E-state index in [-0.39, 0.29) is 18.2 Å². The molecule has 1 aliphatic carbocycles. The third-order valence-electron chi connectivity index (χ3n) is 3.88. The van der Waals surface area contributed by atoms with Gasteiger partial charge in [0.1, 0.15) is 0 Å². The van der Waals surface area contributed by atoms with Crippen LogP contribution < -0.4 is 5.73 Å². The molecule has 0 aliphatic heterocycles. The zero-order chi connectivity index (χ0) is 13.1. The van der Waals surface area contributed by atoms with Crippen molar-refractivity contribution in [1.82, 2.24) is 0 Å². The minimum atomic E-state index is 0.134. The van der Waals surface area contributed by atoms with Gasteiger partial charge in [0.2, 0.25) is 0 Å². The molecular weight excluding hydrogens is 214 g/mol. The van der Waals surface area contributed by atoms with Gasteiger partial charge in [0.05, 0.1) is 18.8 Å². The summed E-state index contributed by atoms with van der Waals surface area (Å²) in [5.74, 6) is 0.710. The second-order valence-corrected chi connectivity index (χ2v) is 6.48. The van der Waals surface area contributed by atoms with Crippen LogP contribution in [-0.4, -0.2) is 32.0 Å². The Morgan fingerprint density at radius 2 is 1.94 bits per heavy atom. The largest absolute Gasteiger partial charge is 0.382 e. The highest BCUT2D eigenvalue weighted by atomic mass is 16.5. The molecule has 4 atom stereocenters. The van der Waals surface area contributed by atoms with Crippen molar-refractivity contribution in [3.05, 3.63) is 0 Å². The molecule has 1 fully saturated rings. The second-order valence-electron chi connectivity index (χ2n) is 6.48. The maximum Gasteiger partial charge on any atom is 0.0784 e. The third-order valence-corrected chi connectivity index (χ3v) is 3.88. The van der Waals surface area contributed by atoms with Crippen LogP contribution in [0.1, 0.15) is 47.0 Å². The van der Waals surface area contributed by atoms with Gasteiger partial charge in [-0.05, 0) is 37.5 Å². The van der Waals surface area contributed by atoms with Gasteiger partial charge in [-0.25, -0.2) is 0 Å². The summed E-state index contributed by atoms with van der Waals surface area (Å²) < 4.78 is 11.1. The van der Waals surface area contributed by atoms with E-state index in [2.05, 4.69) is 27.7 Å². The summed E-state index contributed by atoms with van der Waals surface area (Å²) in [4.78, 5) is 0. The van der Waals surface area contributed by atoms with E-state index in [4.69, 9.17) is 15.2 Å². The van der Waals surface area contributed by atoms with Crippen LogP contribution in [0.25, 0.3) is 0 Å². The van der Waals surface area contributed by atoms with Crippen LogP contribution in [0.4, 0.5) is 0 Å². The Balaban J connectivity index is 2.52. The molecule has 3 nitrogen and oxygen atoms in total. The van der Waals surface area contributed by atoms with Gasteiger partial charge in [-0.15, -0.1) is 0 Å². The Bertz CT molecular complexity index is 225. The van der Waals surface area contributed by atoms with Gasteiger partial charge in [0, 0.05) is 13.2 Å². The predicted octanol–water partition coefficient (Wildman–Crippen LogP) is 2.58. The van der Waals surface area contributed by atoms with Gasteiger partial charge in [-0.2, -0.15) is 0 Å². The summed E-state index contributed by atoms with van der Waals surface area (Å²) in [6.07, 6.45) is 3.71. The third kappa shape index (κ3) is 4.57. The second kappa shape index (κ2) is 6.17. The van der Waals surface area contributed by atoms with Gasteiger partial charge in [-0.3, -0.25) is 0 Å². The Hall–Kier alpha value is -0.120. The van der Waals surface area contributed by atoms with Gasteiger partial charge in [-0.1, -0.05) is 20.8 Å². The molecule has 0 aromatic heterocycles. The Kier molecular flexibility index (Phi) is 5.42. The lowest BCUT2D eigenvalue weighted by Crippen LogP contribution is -2.46. The number of methoxy groups -OCH3 is 1. The van der Waals surface area contributed by atoms with E-state index in [9.17, 15) is 0 Å². The normalized spacial score (nSPS) is 32.5. The Morgan fingerprint density at radius 1 is 1.29 bits per heavy atom. The minimum Gasteiger partial charge on any atom is -0.382 e. The number of hydrogen-bond acceptors (Lipinski definition) is 3. The molecule has 0 amide bonds. The van der Waals surface area contributed by atoms with Crippen LogP contribution >= 0.6 is 0 Å². The molecule has 0 saturated heterocycles. The molecule has 2 N–H and O–H groups in total. The lowest BCUT2D eigenvalue weighted by Gasteiger charge is -2.41. The first-order chi connectivity index (χ1) is 7.84. The Labute approximate surface area is 106 Å². The first kappa shape index (κ1) is 14.9. The number of hydrogen-bond donors (Lipinski definition) is 1. The lowest BCUT2D eigenvalue weighted by atomic mass is 9.70. The van der Waals surface area contributed by atoms with E-state index in [1.807, 2.05) is 0 Å². The predicted molar refractivity (Wildman–Crippen MR) is 71.0 cm³/mol. The first-order valence-corrected chi connectivity index (χ1v) is 6.74. The minimum absolute atomic E-state index is 0.134. The molecule has 0 aromatic carbocycles. The van der Waals surface area contributed by atoms with E-state index >= 15 is 0 Å². The van der Waals surface area contributed by atoms with Gasteiger partial charge in [0.25, 0.3) is 0 Å². The smallest absolute Gasteiger partial charge is 0.0784 e. The quantitative estimate of drug-likeness (QED) is 0.825. The topological polar surface area (TPSA) is 44.5 Å². The van der Waals surface area contributed by atoms with E-state index in [1.54, 1.807) is 7.11 Å². The molecule has 0 spiro atoms. The molecule has 1 aliphatic rings. The van der Waals surface area contributed by atoms with E-state index < -0.39 is 0 Å². The van der Waals surface area contributed by atoms with Crippen molar-refractivity contribution in [2.75, 3.05) is 13.7 Å². The van der Waals surface area contributed by atoms with E-state index in [1.165, 1.54) is 6.42 Å². The number of rotatable bonds is 4. The molecule has 0 radical (unpaired) electrons. The molecule has 0 aromatic rings. The number of ether oxygens (including phenoxy) is 2. The van der Waals surface area contributed by atoms with Crippen LogP contribution in [0.5, 0.6) is 0 Å². The molecule has 3 heteroatoms. The summed E-state index contributed by atoms with van der Waals surface area (Å²) in [5, 5.41) is 0. The molecule has 0 heterocycles. The van der Waals surface area contributed by atoms with Crippen LogP contribution in [0.2, 0.25) is 0 Å². The molecule has 4 unspecified atom stereocenters. The van der Waals surface area contributed by atoms with Crippen LogP contribution in [0.15, 0.2) is 0 Å². The average Bonchev–Trinajstić information content (AvgIpc) is 2.20. The summed E-state index contributed by atoms with van der Waals surface area (Å²) >= 11 is 0. The van der Waals surface area contributed by atoms with Crippen molar-refractivity contribution in [2.24, 2.45) is 17.1 Å². The highest BCUT2D eigenvalue weighted by Crippen LogP contribution is 2.38. The fraction of sp³-hybridized carbons (Fsp3) is 1.00. The van der Waals surface area contributed by atoms with Crippen molar-refractivity contribution in [3.63, 3.8) is 0 Å². The molecule has 1 saturated carbocycles. The highest BCUT2D eigenvalue weighted by molar-refractivity contribution is 4.88. The fourth-order valence-corrected chi connectivity index (χ4v) is 2.67. The van der Waals surface area contributed by atoms with Gasteiger partial charge in [0.15, 0.2) is 0 Å². The van der Waals surface area contributed by atoms with Gasteiger partial charge < -0.3 is 15.2 Å². The molecule has 17 heavy (non-hydrogen) atoms. The maximum atomic E-state index is 6.16. The molecule has 102 valence electrons.